The average Bonchev–Trinajstić information content (AvgIpc) is 1.65. The van der Waals surface area contributed by atoms with Crippen LogP contribution in [0.4, 0.5) is 27.0 Å². The van der Waals surface area contributed by atoms with Gasteiger partial charge in [0.15, 0.2) is 11.6 Å². The van der Waals surface area contributed by atoms with E-state index in [1.54, 1.807) is 36.6 Å². The number of methoxy groups -OCH3 is 1. The van der Waals surface area contributed by atoms with Crippen LogP contribution in [0.1, 0.15) is 127 Å². The molecule has 14 rings (SSSR count). The van der Waals surface area contributed by atoms with Gasteiger partial charge in [-0.3, -0.25) is 24.6 Å². The second kappa shape index (κ2) is 38.8. The molecular formula is C79H91N15O7S5. The van der Waals surface area contributed by atoms with Crippen molar-refractivity contribution in [3.63, 3.8) is 0 Å². The monoisotopic (exact) mass is 1520 g/mol. The van der Waals surface area contributed by atoms with Gasteiger partial charge < -0.3 is 40.5 Å². The minimum atomic E-state index is -0.525. The number of ether oxygens (including phenoxy) is 2. The molecule has 6 N–H and O–H groups in total. The van der Waals surface area contributed by atoms with Crippen molar-refractivity contribution >= 4 is 104 Å². The number of carbonyl (C=O) groups excluding carboxylic acids is 4. The van der Waals surface area contributed by atoms with Crippen molar-refractivity contribution in [1.82, 2.24) is 56.0 Å². The van der Waals surface area contributed by atoms with Gasteiger partial charge >= 0.3 is 12.2 Å². The molecular weight excluding hydrogens is 1430 g/mol. The van der Waals surface area contributed by atoms with Crippen LogP contribution in [0.2, 0.25) is 0 Å². The van der Waals surface area contributed by atoms with E-state index in [1.807, 2.05) is 167 Å². The number of anilines is 3. The zero-order valence-electron chi connectivity index (χ0n) is 61.1. The van der Waals surface area contributed by atoms with Crippen LogP contribution in [0.5, 0.6) is 0 Å². The van der Waals surface area contributed by atoms with E-state index in [4.69, 9.17) is 42.5 Å². The zero-order valence-corrected chi connectivity index (χ0v) is 65.1. The van der Waals surface area contributed by atoms with Crippen LogP contribution in [0.3, 0.4) is 0 Å². The summed E-state index contributed by atoms with van der Waals surface area (Å²) in [4.78, 5) is 82.3. The lowest BCUT2D eigenvalue weighted by molar-refractivity contribution is -0.0753. The summed E-state index contributed by atoms with van der Waals surface area (Å²) in [6, 6.07) is 53.9. The molecule has 0 radical (unpaired) electrons. The number of rotatable bonds is 17. The number of aryl methyl sites for hydroxylation is 1. The number of amides is 3. The van der Waals surface area contributed by atoms with Crippen molar-refractivity contribution in [3.05, 3.63) is 196 Å². The number of nitrogens with two attached hydrogens (primary N) is 1. The van der Waals surface area contributed by atoms with Gasteiger partial charge in [0.2, 0.25) is 0 Å². The Bertz CT molecular complexity index is 4600. The van der Waals surface area contributed by atoms with E-state index in [9.17, 15) is 19.2 Å². The molecule has 3 aliphatic rings. The summed E-state index contributed by atoms with van der Waals surface area (Å²) in [5.74, 6) is 2.74. The molecule has 3 aliphatic heterocycles. The molecule has 3 fully saturated rings. The van der Waals surface area contributed by atoms with Gasteiger partial charge in [0, 0.05) is 81.1 Å². The van der Waals surface area contributed by atoms with Crippen LogP contribution in [0.15, 0.2) is 164 Å². The number of nitrogens with one attached hydrogen (secondary N) is 4. The minimum Gasteiger partial charge on any atom is -0.453 e. The summed E-state index contributed by atoms with van der Waals surface area (Å²) < 4.78 is 9.92. The van der Waals surface area contributed by atoms with Crippen molar-refractivity contribution in [1.29, 1.82) is 0 Å². The van der Waals surface area contributed by atoms with E-state index < -0.39 is 17.8 Å². The Morgan fingerprint density at radius 3 is 1.24 bits per heavy atom. The van der Waals surface area contributed by atoms with Gasteiger partial charge in [-0.05, 0) is 97.6 Å². The van der Waals surface area contributed by atoms with Crippen LogP contribution >= 0.6 is 57.6 Å². The number of H-pyrrole nitrogens is 2. The molecule has 11 aromatic rings. The highest BCUT2D eigenvalue weighted by atomic mass is 32.1. The van der Waals surface area contributed by atoms with Gasteiger partial charge in [0.05, 0.1) is 59.0 Å². The van der Waals surface area contributed by atoms with E-state index >= 15 is 0 Å². The molecule has 106 heavy (non-hydrogen) atoms. The smallest absolute Gasteiger partial charge is 0.407 e. The van der Waals surface area contributed by atoms with Crippen LogP contribution in [0, 0.1) is 6.92 Å². The molecule has 3 saturated heterocycles. The predicted octanol–water partition coefficient (Wildman–Crippen LogP) is 17.3. The Labute approximate surface area is 640 Å². The number of alkyl carbamates (subject to hydrolysis) is 2. The lowest BCUT2D eigenvalue weighted by Gasteiger charge is -2.27. The van der Waals surface area contributed by atoms with Crippen LogP contribution in [-0.2, 0) is 27.4 Å². The second-order valence-corrected chi connectivity index (χ2v) is 30.5. The number of hydrogen-bond acceptors (Lipinski definition) is 21. The number of benzene rings is 5. The number of carbonyl (C=O) groups is 4. The van der Waals surface area contributed by atoms with Crippen LogP contribution in [-0.4, -0.2) is 140 Å². The maximum absolute atomic E-state index is 12.6. The van der Waals surface area contributed by atoms with Crippen LogP contribution < -0.4 is 31.1 Å². The van der Waals surface area contributed by atoms with Crippen molar-refractivity contribution in [3.8, 4) is 63.4 Å². The molecule has 9 heterocycles. The summed E-state index contributed by atoms with van der Waals surface area (Å²) in [6.45, 7) is 15.6. The summed E-state index contributed by atoms with van der Waals surface area (Å²) in [5.41, 5.74) is 14.2. The summed E-state index contributed by atoms with van der Waals surface area (Å²) >= 11 is 10.9. The van der Waals surface area contributed by atoms with Crippen molar-refractivity contribution in [2.45, 2.75) is 111 Å². The number of aromatic nitrogens is 8. The van der Waals surface area contributed by atoms with Crippen LogP contribution in [0.25, 0.3) is 63.4 Å². The van der Waals surface area contributed by atoms with Gasteiger partial charge in [-0.25, -0.2) is 34.6 Å². The molecule has 0 aliphatic carbocycles. The predicted molar refractivity (Wildman–Crippen MR) is 432 cm³/mol. The number of hydrogen-bond donors (Lipinski definition) is 5. The van der Waals surface area contributed by atoms with E-state index in [1.165, 1.54) is 86.9 Å². The number of piperidine rings is 3. The van der Waals surface area contributed by atoms with E-state index in [0.717, 1.165) is 161 Å². The summed E-state index contributed by atoms with van der Waals surface area (Å²) in [5, 5.41) is 25.5. The van der Waals surface area contributed by atoms with Crippen molar-refractivity contribution in [2.24, 2.45) is 5.73 Å². The Morgan fingerprint density at radius 1 is 0.519 bits per heavy atom. The third-order valence-corrected chi connectivity index (χ3v) is 21.8. The van der Waals surface area contributed by atoms with Gasteiger partial charge in [0.25, 0.3) is 5.91 Å². The van der Waals surface area contributed by atoms with Gasteiger partial charge in [-0.2, -0.15) is 10.2 Å². The number of thiocarbonyl (C=S) groups is 1. The quantitative estimate of drug-likeness (QED) is 0.0322. The Morgan fingerprint density at radius 2 is 0.877 bits per heavy atom. The van der Waals surface area contributed by atoms with E-state index in [-0.39, 0.29) is 11.7 Å². The molecule has 554 valence electrons. The molecule has 0 atom stereocenters. The lowest BCUT2D eigenvalue weighted by atomic mass is 10.1. The minimum absolute atomic E-state index is 0.0900. The van der Waals surface area contributed by atoms with Crippen molar-refractivity contribution in [2.75, 3.05) is 75.2 Å². The number of thiazole rings is 4. The van der Waals surface area contributed by atoms with Gasteiger partial charge in [-0.15, -0.1) is 45.3 Å². The molecule has 0 unspecified atom stereocenters. The molecule has 3 amide bonds. The molecule has 5 aromatic carbocycles. The lowest BCUT2D eigenvalue weighted by Crippen LogP contribution is -2.32. The zero-order chi connectivity index (χ0) is 75.0. The Hall–Kier alpha value is -10.0. The highest BCUT2D eigenvalue weighted by Gasteiger charge is 2.29. The largest absolute Gasteiger partial charge is 0.453 e. The average molecular weight is 1520 g/mol. The highest BCUT2D eigenvalue weighted by molar-refractivity contribution is 7.80. The topological polar surface area (TPSA) is 268 Å². The van der Waals surface area contributed by atoms with Crippen molar-refractivity contribution < 1.29 is 33.5 Å². The summed E-state index contributed by atoms with van der Waals surface area (Å²) in [7, 11) is 4.48. The fraction of sp³-hybridized carbons (Fsp3) is 0.329. The molecule has 27 heteroatoms. The third-order valence-electron chi connectivity index (χ3n) is 17.0. The first-order valence-corrected chi connectivity index (χ1v) is 39.0. The molecule has 22 nitrogen and oxygen atoms in total. The van der Waals surface area contributed by atoms with Gasteiger partial charge in [-0.1, -0.05) is 164 Å². The SMILES string of the molecule is CC(=O)c1sc(-c2ccccc2)nc1C.CC(C)(C)OC(=O)NCc1cc(-c2sc(-c3ccccc3)nc2N2CCCCC2)n[nH]1.COC(=O)NCc1cc(-c2sc(-c3ccccc3)nc2N2CCCCC2)n[nH]1.CON(C)C(=O)c1sc(-c2ccccc2)nc1N1CCCCC1.NC(=S)c1ccccc1. The maximum Gasteiger partial charge on any atom is 0.407 e. The number of nitrogens with zero attached hydrogens (tertiary/aromatic N) is 10. The molecule has 0 saturated carbocycles. The Balaban J connectivity index is 0.000000149. The first-order valence-electron chi connectivity index (χ1n) is 35.3. The fourth-order valence-electron chi connectivity index (χ4n) is 11.6. The normalized spacial score (nSPS) is 13.4. The number of hydroxylamine groups is 2. The molecule has 0 bridgehead atoms. The highest BCUT2D eigenvalue weighted by Crippen LogP contribution is 2.43. The molecule has 0 spiro atoms. The number of ketones is 1. The second-order valence-electron chi connectivity index (χ2n) is 26.1. The summed E-state index contributed by atoms with van der Waals surface area (Å²) in [6.07, 6.45) is 9.91. The Kier molecular flexibility index (Phi) is 28.8. The third kappa shape index (κ3) is 22.3. The first kappa shape index (κ1) is 78.6. The van der Waals surface area contributed by atoms with E-state index in [2.05, 4.69) is 79.7 Å². The molecule has 6 aromatic heterocycles. The van der Waals surface area contributed by atoms with E-state index in [0.29, 0.717) is 23.0 Å². The fourth-order valence-corrected chi connectivity index (χ4v) is 15.9. The first-order chi connectivity index (χ1) is 51.3. The standard InChI is InChI=1S/C23H29N5O2S.C20H23N5O2S.C17H21N3O2S.C12H11NOS.C7H7NS/c1-23(2,3)30-22(29)24-15-17-14-18(27-26-17)19-20(28-12-8-5-9-13-28)25-21(31-19)16-10-6-4-7-11-16;1-27-20(26)21-13-15-12-16(24-23-15)17-18(25-10-6-3-7-11-25)22-19(28-17)14-8-4-2-5-9-14;1-19(22-2)17(21)14-15(20-11-7-4-8-12-20)18-16(23-14)13-9-5-3-6-10-13;1-8-11(9(2)14)15-12(13-8)10-6-4-3-5-7-10;8-7(9)6-4-2-1-3-5-6/h4,6-7,10-11,14H,5,8-9,12-13,15H2,1-3H3,(H,24,29)(H,26,27);2,4-5,8-9,12H,3,6-7,10-11,13H2,1H3,(H,21,26)(H,23,24);3,5-6,9-10H,4,7-8,11-12H2,1-2H3;3-7H,1-2H3;1-5H,(H2,8,9). The number of aromatic amines is 2. The number of Topliss-reactive ketones (excluding diaryl/α,β-unsaturated/α-hetero) is 1. The maximum atomic E-state index is 12.6. The van der Waals surface area contributed by atoms with Gasteiger partial charge in [0.1, 0.15) is 58.5 Å².